The smallest absolute Gasteiger partial charge is 0.350 e. The molecule has 0 unspecified atom stereocenters. The molecule has 1 aliphatic carbocycles. The van der Waals surface area contributed by atoms with Crippen molar-refractivity contribution in [1.82, 2.24) is 19.5 Å². The fourth-order valence-corrected chi connectivity index (χ4v) is 3.62. The Bertz CT molecular complexity index is 861. The Labute approximate surface area is 150 Å². The first-order chi connectivity index (χ1) is 12.4. The summed E-state index contributed by atoms with van der Waals surface area (Å²) in [4.78, 5) is 36.3. The molecule has 2 N–H and O–H groups in total. The molecule has 26 heavy (non-hydrogen) atoms. The van der Waals surface area contributed by atoms with Crippen molar-refractivity contribution < 1.29 is 14.7 Å². The van der Waals surface area contributed by atoms with Crippen LogP contribution in [0.5, 0.6) is 0 Å². The van der Waals surface area contributed by atoms with Crippen molar-refractivity contribution in [3.05, 3.63) is 34.9 Å². The highest BCUT2D eigenvalue weighted by Crippen LogP contribution is 2.34. The first-order valence-corrected chi connectivity index (χ1v) is 9.04. The number of nitrogens with zero attached hydrogens (tertiary/aromatic N) is 3. The molecule has 1 saturated carbocycles. The van der Waals surface area contributed by atoms with Crippen molar-refractivity contribution >= 4 is 17.5 Å². The van der Waals surface area contributed by atoms with E-state index in [0.29, 0.717) is 24.4 Å². The van der Waals surface area contributed by atoms with E-state index in [4.69, 9.17) is 0 Å². The Morgan fingerprint density at radius 1 is 1.35 bits per heavy atom. The number of nitrogens with one attached hydrogen (secondary N) is 1. The molecule has 3 rings (SSSR count). The maximum atomic E-state index is 12.3. The van der Waals surface area contributed by atoms with Gasteiger partial charge in [-0.05, 0) is 43.7 Å². The molecule has 0 bridgehead atoms. The minimum atomic E-state index is -1.19. The Morgan fingerprint density at radius 3 is 2.69 bits per heavy atom. The van der Waals surface area contributed by atoms with Crippen LogP contribution in [0, 0.1) is 5.92 Å². The first-order valence-electron chi connectivity index (χ1n) is 9.04. The fraction of sp³-hybridized carbons (Fsp3) is 0.556. The SMILES string of the molecule is CCC1CCC(NC(=O)CCn2nc3ccccn3c2=O)(C(=O)O)CC1. The molecule has 1 aliphatic rings. The number of carbonyl (C=O) groups excluding carboxylic acids is 1. The van der Waals surface area contributed by atoms with Crippen LogP contribution in [0.4, 0.5) is 0 Å². The summed E-state index contributed by atoms with van der Waals surface area (Å²) >= 11 is 0. The van der Waals surface area contributed by atoms with Crippen molar-refractivity contribution in [3.8, 4) is 0 Å². The van der Waals surface area contributed by atoms with Crippen LogP contribution in [0.2, 0.25) is 0 Å². The number of aryl methyl sites for hydroxylation is 1. The van der Waals surface area contributed by atoms with Gasteiger partial charge in [0, 0.05) is 12.6 Å². The van der Waals surface area contributed by atoms with Crippen molar-refractivity contribution in [1.29, 1.82) is 0 Å². The number of hydrogen-bond donors (Lipinski definition) is 2. The zero-order chi connectivity index (χ0) is 18.7. The van der Waals surface area contributed by atoms with Crippen LogP contribution in [0.25, 0.3) is 5.65 Å². The van der Waals surface area contributed by atoms with E-state index in [-0.39, 0.29) is 24.6 Å². The summed E-state index contributed by atoms with van der Waals surface area (Å²) in [6.07, 6.45) is 5.15. The van der Waals surface area contributed by atoms with Gasteiger partial charge in [0.1, 0.15) is 5.54 Å². The number of aliphatic carboxylic acids is 1. The largest absolute Gasteiger partial charge is 0.480 e. The highest BCUT2D eigenvalue weighted by atomic mass is 16.4. The molecule has 2 aromatic rings. The summed E-state index contributed by atoms with van der Waals surface area (Å²) in [5, 5.41) is 16.5. The maximum Gasteiger partial charge on any atom is 0.350 e. The highest BCUT2D eigenvalue weighted by molar-refractivity contribution is 5.87. The standard InChI is InChI=1S/C18H24N4O4/c1-2-13-6-9-18(10-7-13,16(24)25)19-15(23)8-12-22-17(26)21-11-4-3-5-14(21)20-22/h3-5,11,13H,2,6-10,12H2,1H3,(H,19,23)(H,24,25). The molecule has 0 atom stereocenters. The predicted octanol–water partition coefficient (Wildman–Crippen LogP) is 1.43. The Morgan fingerprint density at radius 2 is 2.08 bits per heavy atom. The number of rotatable bonds is 6. The molecule has 2 heterocycles. The van der Waals surface area contributed by atoms with Crippen molar-refractivity contribution in [2.75, 3.05) is 0 Å². The van der Waals surface area contributed by atoms with Gasteiger partial charge < -0.3 is 10.4 Å². The van der Waals surface area contributed by atoms with Crippen LogP contribution in [0.3, 0.4) is 0 Å². The van der Waals surface area contributed by atoms with Crippen LogP contribution in [-0.4, -0.2) is 36.7 Å². The normalized spacial score (nSPS) is 23.0. The molecule has 0 saturated heterocycles. The monoisotopic (exact) mass is 360 g/mol. The summed E-state index contributed by atoms with van der Waals surface area (Å²) in [5.74, 6) is -0.826. The van der Waals surface area contributed by atoms with Gasteiger partial charge in [0.15, 0.2) is 5.65 Å². The van der Waals surface area contributed by atoms with Crippen LogP contribution < -0.4 is 11.0 Å². The third kappa shape index (κ3) is 3.49. The van der Waals surface area contributed by atoms with Crippen molar-refractivity contribution in [2.45, 2.75) is 57.5 Å². The van der Waals surface area contributed by atoms with E-state index in [9.17, 15) is 19.5 Å². The zero-order valence-electron chi connectivity index (χ0n) is 14.9. The van der Waals surface area contributed by atoms with Gasteiger partial charge in [-0.15, -0.1) is 5.10 Å². The number of amides is 1. The van der Waals surface area contributed by atoms with Gasteiger partial charge >= 0.3 is 11.7 Å². The van der Waals surface area contributed by atoms with E-state index < -0.39 is 11.5 Å². The van der Waals surface area contributed by atoms with Gasteiger partial charge in [0.05, 0.1) is 6.54 Å². The average Bonchev–Trinajstić information content (AvgIpc) is 2.97. The van der Waals surface area contributed by atoms with Crippen LogP contribution in [0.1, 0.15) is 45.4 Å². The van der Waals surface area contributed by atoms with Crippen LogP contribution in [-0.2, 0) is 16.1 Å². The number of pyridine rings is 1. The van der Waals surface area contributed by atoms with Crippen LogP contribution in [0.15, 0.2) is 29.2 Å². The van der Waals surface area contributed by atoms with Gasteiger partial charge in [0.2, 0.25) is 5.91 Å². The molecule has 1 fully saturated rings. The molecular formula is C18H24N4O4. The van der Waals surface area contributed by atoms with E-state index in [2.05, 4.69) is 17.3 Å². The number of carbonyl (C=O) groups is 2. The number of hydrogen-bond acceptors (Lipinski definition) is 4. The summed E-state index contributed by atoms with van der Waals surface area (Å²) in [5.41, 5.74) is -0.991. The molecule has 140 valence electrons. The van der Waals surface area contributed by atoms with Crippen LogP contribution >= 0.6 is 0 Å². The lowest BCUT2D eigenvalue weighted by Crippen LogP contribution is -2.56. The summed E-state index contributed by atoms with van der Waals surface area (Å²) in [6.45, 7) is 2.21. The summed E-state index contributed by atoms with van der Waals surface area (Å²) in [6, 6.07) is 5.22. The molecule has 8 nitrogen and oxygen atoms in total. The molecule has 1 amide bonds. The zero-order valence-corrected chi connectivity index (χ0v) is 14.9. The van der Waals surface area contributed by atoms with Gasteiger partial charge in [-0.25, -0.2) is 14.3 Å². The minimum Gasteiger partial charge on any atom is -0.480 e. The number of carboxylic acids is 1. The predicted molar refractivity (Wildman–Crippen MR) is 94.8 cm³/mol. The van der Waals surface area contributed by atoms with Crippen molar-refractivity contribution in [3.63, 3.8) is 0 Å². The molecule has 8 heteroatoms. The second-order valence-corrected chi connectivity index (χ2v) is 6.97. The van der Waals surface area contributed by atoms with Crippen molar-refractivity contribution in [2.24, 2.45) is 5.92 Å². The summed E-state index contributed by atoms with van der Waals surface area (Å²) in [7, 11) is 0. The summed E-state index contributed by atoms with van der Waals surface area (Å²) < 4.78 is 2.64. The molecule has 2 aromatic heterocycles. The Kier molecular flexibility index (Phi) is 5.11. The lowest BCUT2D eigenvalue weighted by Gasteiger charge is -2.37. The van der Waals surface area contributed by atoms with E-state index in [1.807, 2.05) is 0 Å². The molecular weight excluding hydrogens is 336 g/mol. The third-order valence-electron chi connectivity index (χ3n) is 5.36. The second kappa shape index (κ2) is 7.31. The number of fused-ring (bicyclic) bond motifs is 1. The van der Waals surface area contributed by atoms with Gasteiger partial charge in [0.25, 0.3) is 0 Å². The fourth-order valence-electron chi connectivity index (χ4n) is 3.62. The lowest BCUT2D eigenvalue weighted by molar-refractivity contribution is -0.149. The Balaban J connectivity index is 1.64. The molecule has 0 aliphatic heterocycles. The second-order valence-electron chi connectivity index (χ2n) is 6.97. The van der Waals surface area contributed by atoms with E-state index >= 15 is 0 Å². The quantitative estimate of drug-likeness (QED) is 0.810. The third-order valence-corrected chi connectivity index (χ3v) is 5.36. The molecule has 0 spiro atoms. The highest BCUT2D eigenvalue weighted by Gasteiger charge is 2.42. The van der Waals surface area contributed by atoms with E-state index in [0.717, 1.165) is 19.3 Å². The van der Waals surface area contributed by atoms with Gasteiger partial charge in [-0.3, -0.25) is 9.20 Å². The topological polar surface area (TPSA) is 106 Å². The first kappa shape index (κ1) is 18.2. The van der Waals surface area contributed by atoms with Gasteiger partial charge in [-0.2, -0.15) is 0 Å². The Hall–Kier alpha value is -2.64. The number of aromatic nitrogens is 3. The average molecular weight is 360 g/mol. The van der Waals surface area contributed by atoms with Gasteiger partial charge in [-0.1, -0.05) is 19.4 Å². The van der Waals surface area contributed by atoms with E-state index in [1.54, 1.807) is 24.4 Å². The lowest BCUT2D eigenvalue weighted by atomic mass is 9.75. The molecule has 0 radical (unpaired) electrons. The molecule has 0 aromatic carbocycles. The minimum absolute atomic E-state index is 0.00995. The van der Waals surface area contributed by atoms with E-state index in [1.165, 1.54) is 9.08 Å². The number of carboxylic acid groups (broad SMARTS) is 1. The maximum absolute atomic E-state index is 12.3.